The van der Waals surface area contributed by atoms with E-state index in [0.29, 0.717) is 11.3 Å². The van der Waals surface area contributed by atoms with Crippen molar-refractivity contribution >= 4 is 44.3 Å². The first-order chi connectivity index (χ1) is 12.2. The molecule has 0 radical (unpaired) electrons. The minimum Gasteiger partial charge on any atom is -0.481 e. The van der Waals surface area contributed by atoms with E-state index in [4.69, 9.17) is 5.11 Å². The fourth-order valence-corrected chi connectivity index (χ4v) is 6.91. The fraction of sp³-hybridized carbons (Fsp3) is 0.438. The molecule has 7 nitrogen and oxygen atoms in total. The third-order valence-corrected chi connectivity index (χ3v) is 7.48. The zero-order valence-electron chi connectivity index (χ0n) is 13.9. The Kier molecular flexibility index (Phi) is 5.07. The molecule has 0 aliphatic carbocycles. The zero-order valence-corrected chi connectivity index (χ0v) is 15.5. The number of anilines is 1. The number of amides is 1. The van der Waals surface area contributed by atoms with Crippen molar-refractivity contribution in [2.45, 2.75) is 31.1 Å². The van der Waals surface area contributed by atoms with Gasteiger partial charge in [0.1, 0.15) is 5.82 Å². The molecule has 0 bridgehead atoms. The molecule has 2 aliphatic heterocycles. The second-order valence-electron chi connectivity index (χ2n) is 6.29. The largest absolute Gasteiger partial charge is 0.481 e. The number of aryl methyl sites for hydroxylation is 1. The summed E-state index contributed by atoms with van der Waals surface area (Å²) in [6.45, 7) is 1.62. The molecule has 2 unspecified atom stereocenters. The van der Waals surface area contributed by atoms with Crippen LogP contribution in [-0.2, 0) is 19.4 Å². The third kappa shape index (κ3) is 3.90. The van der Waals surface area contributed by atoms with Crippen molar-refractivity contribution in [2.75, 3.05) is 16.4 Å². The minimum atomic E-state index is -3.21. The molecule has 2 atom stereocenters. The van der Waals surface area contributed by atoms with Gasteiger partial charge < -0.3 is 10.0 Å². The van der Waals surface area contributed by atoms with Crippen molar-refractivity contribution < 1.29 is 27.5 Å². The molecular weight excluding hydrogens is 383 g/mol. The van der Waals surface area contributed by atoms with E-state index >= 15 is 0 Å². The molecule has 0 saturated carbocycles. The van der Waals surface area contributed by atoms with Crippen LogP contribution in [0.3, 0.4) is 0 Å². The summed E-state index contributed by atoms with van der Waals surface area (Å²) in [6, 6.07) is 4.10. The smallest absolute Gasteiger partial charge is 0.303 e. The highest BCUT2D eigenvalue weighted by molar-refractivity contribution is 8.16. The molecule has 1 aromatic carbocycles. The summed E-state index contributed by atoms with van der Waals surface area (Å²) in [5, 5.41) is 8.66. The predicted octanol–water partition coefficient (Wildman–Crippen LogP) is 1.60. The van der Waals surface area contributed by atoms with E-state index in [1.807, 2.05) is 0 Å². The number of nitrogens with zero attached hydrogens (tertiary/aromatic N) is 2. The Labute approximate surface area is 154 Å². The normalized spacial score (nSPS) is 25.5. The standard InChI is InChI=1S/C16H17FN2O5S2/c1-9-2-3-10(6-11(9)17)19-12-7-26(23,24)8-13(12)25-16(19)18-14(20)4-5-15(21)22/h2-3,6,12-13H,4-5,7-8H2,1H3,(H,21,22). The lowest BCUT2D eigenvalue weighted by atomic mass is 10.1. The molecule has 1 N–H and O–H groups in total. The summed E-state index contributed by atoms with van der Waals surface area (Å²) < 4.78 is 37.9. The number of carboxylic acid groups (broad SMARTS) is 1. The van der Waals surface area contributed by atoms with E-state index in [1.54, 1.807) is 24.0 Å². The molecule has 1 aromatic rings. The summed E-state index contributed by atoms with van der Waals surface area (Å²) in [5.41, 5.74) is 0.877. The monoisotopic (exact) mass is 400 g/mol. The Balaban J connectivity index is 1.94. The Morgan fingerprint density at radius 1 is 1.35 bits per heavy atom. The van der Waals surface area contributed by atoms with Crippen LogP contribution in [0.15, 0.2) is 23.2 Å². The van der Waals surface area contributed by atoms with Gasteiger partial charge in [-0.1, -0.05) is 17.8 Å². The first-order valence-electron chi connectivity index (χ1n) is 7.92. The van der Waals surface area contributed by atoms with E-state index in [2.05, 4.69) is 4.99 Å². The van der Waals surface area contributed by atoms with Gasteiger partial charge in [0.15, 0.2) is 15.0 Å². The maximum Gasteiger partial charge on any atom is 0.303 e. The Bertz CT molecular complexity index is 900. The number of sulfone groups is 1. The molecule has 2 saturated heterocycles. The Hall–Kier alpha value is -1.94. The lowest BCUT2D eigenvalue weighted by molar-refractivity contribution is -0.138. The number of halogens is 1. The van der Waals surface area contributed by atoms with Gasteiger partial charge in [0, 0.05) is 17.4 Å². The van der Waals surface area contributed by atoms with Gasteiger partial charge in [-0.05, 0) is 24.6 Å². The number of aliphatic carboxylic acids is 1. The molecule has 2 aliphatic rings. The Morgan fingerprint density at radius 2 is 2.08 bits per heavy atom. The predicted molar refractivity (Wildman–Crippen MR) is 96.7 cm³/mol. The van der Waals surface area contributed by atoms with Gasteiger partial charge in [-0.3, -0.25) is 9.59 Å². The van der Waals surface area contributed by atoms with E-state index in [0.717, 1.165) is 0 Å². The van der Waals surface area contributed by atoms with Crippen LogP contribution in [0.2, 0.25) is 0 Å². The summed E-state index contributed by atoms with van der Waals surface area (Å²) in [7, 11) is -3.21. The van der Waals surface area contributed by atoms with Gasteiger partial charge in [0.05, 0.1) is 24.0 Å². The number of fused-ring (bicyclic) bond motifs is 1. The number of amidine groups is 1. The average Bonchev–Trinajstić information content (AvgIpc) is 2.99. The van der Waals surface area contributed by atoms with Crippen molar-refractivity contribution in [2.24, 2.45) is 4.99 Å². The van der Waals surface area contributed by atoms with Crippen LogP contribution >= 0.6 is 11.8 Å². The van der Waals surface area contributed by atoms with Gasteiger partial charge in [0.25, 0.3) is 0 Å². The highest BCUT2D eigenvalue weighted by atomic mass is 32.2. The number of carboxylic acids is 1. The zero-order chi connectivity index (χ0) is 19.1. The lowest BCUT2D eigenvalue weighted by Gasteiger charge is -2.24. The van der Waals surface area contributed by atoms with Crippen LogP contribution in [-0.4, -0.2) is 53.4 Å². The van der Waals surface area contributed by atoms with Crippen LogP contribution in [0.5, 0.6) is 0 Å². The number of aliphatic imine (C=N–C) groups is 1. The number of hydrogen-bond donors (Lipinski definition) is 1. The van der Waals surface area contributed by atoms with Crippen LogP contribution in [0, 0.1) is 12.7 Å². The van der Waals surface area contributed by atoms with Gasteiger partial charge in [0.2, 0.25) is 5.91 Å². The minimum absolute atomic E-state index is 0.0322. The molecule has 3 rings (SSSR count). The van der Waals surface area contributed by atoms with Crippen molar-refractivity contribution in [3.63, 3.8) is 0 Å². The molecule has 140 valence electrons. The van der Waals surface area contributed by atoms with Gasteiger partial charge in [-0.2, -0.15) is 4.99 Å². The van der Waals surface area contributed by atoms with E-state index in [1.165, 1.54) is 17.8 Å². The maximum atomic E-state index is 14.0. The number of thioether (sulfide) groups is 1. The van der Waals surface area contributed by atoms with Crippen molar-refractivity contribution in [3.8, 4) is 0 Å². The Morgan fingerprint density at radius 3 is 2.73 bits per heavy atom. The molecule has 0 aromatic heterocycles. The highest BCUT2D eigenvalue weighted by Gasteiger charge is 2.49. The molecular formula is C16H17FN2O5S2. The molecule has 2 fully saturated rings. The van der Waals surface area contributed by atoms with Crippen molar-refractivity contribution in [3.05, 3.63) is 29.6 Å². The average molecular weight is 400 g/mol. The summed E-state index contributed by atoms with van der Waals surface area (Å²) >= 11 is 1.17. The number of carbonyl (C=O) groups is 2. The number of hydrogen-bond acceptors (Lipinski definition) is 5. The van der Waals surface area contributed by atoms with Crippen molar-refractivity contribution in [1.29, 1.82) is 0 Å². The van der Waals surface area contributed by atoms with E-state index in [-0.39, 0.29) is 34.8 Å². The maximum absolute atomic E-state index is 14.0. The number of benzene rings is 1. The molecule has 1 amide bonds. The van der Waals surface area contributed by atoms with Crippen LogP contribution in [0.4, 0.5) is 10.1 Å². The lowest BCUT2D eigenvalue weighted by Crippen LogP contribution is -2.37. The number of rotatable bonds is 4. The van der Waals surface area contributed by atoms with Gasteiger partial charge in [-0.25, -0.2) is 12.8 Å². The summed E-state index contributed by atoms with van der Waals surface area (Å²) in [4.78, 5) is 28.1. The molecule has 0 spiro atoms. The van der Waals surface area contributed by atoms with Crippen molar-refractivity contribution in [1.82, 2.24) is 0 Å². The molecule has 26 heavy (non-hydrogen) atoms. The van der Waals surface area contributed by atoms with Crippen LogP contribution in [0.1, 0.15) is 18.4 Å². The first kappa shape index (κ1) is 18.8. The highest BCUT2D eigenvalue weighted by Crippen LogP contribution is 2.41. The van der Waals surface area contributed by atoms with E-state index in [9.17, 15) is 22.4 Å². The molecule has 10 heteroatoms. The second kappa shape index (κ2) is 6.99. The SMILES string of the molecule is Cc1ccc(N2C(=NC(=O)CCC(=O)O)SC3CS(=O)(=O)CC32)cc1F. The quantitative estimate of drug-likeness (QED) is 0.819. The summed E-state index contributed by atoms with van der Waals surface area (Å²) in [5.74, 6) is -2.26. The van der Waals surface area contributed by atoms with E-state index < -0.39 is 33.6 Å². The molecule has 2 heterocycles. The number of carbonyl (C=O) groups excluding carboxylic acids is 1. The topological polar surface area (TPSA) is 104 Å². The van der Waals surface area contributed by atoms with Crippen LogP contribution in [0.25, 0.3) is 0 Å². The second-order valence-corrected chi connectivity index (χ2v) is 9.65. The van der Waals surface area contributed by atoms with Gasteiger partial charge in [-0.15, -0.1) is 0 Å². The van der Waals surface area contributed by atoms with Crippen LogP contribution < -0.4 is 4.90 Å². The first-order valence-corrected chi connectivity index (χ1v) is 10.6. The fourth-order valence-electron chi connectivity index (χ4n) is 2.97. The summed E-state index contributed by atoms with van der Waals surface area (Å²) in [6.07, 6.45) is -0.580. The van der Waals surface area contributed by atoms with Gasteiger partial charge >= 0.3 is 5.97 Å². The third-order valence-electron chi connectivity index (χ3n) is 4.27.